The molecule has 0 amide bonds. The van der Waals surface area contributed by atoms with Gasteiger partial charge in [-0.3, -0.25) is 4.79 Å². The number of fused-ring (bicyclic) bond motifs is 1. The van der Waals surface area contributed by atoms with Gasteiger partial charge >= 0.3 is 21.1 Å². The second kappa shape index (κ2) is 7.45. The average molecular weight is 390 g/mol. The van der Waals surface area contributed by atoms with Crippen molar-refractivity contribution in [2.24, 2.45) is 7.05 Å². The second-order valence-electron chi connectivity index (χ2n) is 2.95. The topological polar surface area (TPSA) is 36.1 Å². The Bertz CT molecular complexity index is 485. The Labute approximate surface area is 111 Å². The van der Waals surface area contributed by atoms with Crippen LogP contribution in [0, 0.1) is 14.4 Å². The summed E-state index contributed by atoms with van der Waals surface area (Å²) in [6.45, 7) is 6.00. The zero-order valence-corrected chi connectivity index (χ0v) is 13.4. The summed E-state index contributed by atoms with van der Waals surface area (Å²) in [6.07, 6.45) is 0. The molecule has 2 rings (SSSR count). The van der Waals surface area contributed by atoms with Crippen LogP contribution >= 0.6 is 0 Å². The second-order valence-corrected chi connectivity index (χ2v) is 2.95. The standard InChI is InChI=1S/C9H10N2O.C2H6.CH3.W/c1-6-3-4-7-8(5-6)11(2)9(12)10-7;1-2;;/h3-5H,1-2H3,(H,10,12);1-2H3;1H3;/q;;-1;+2/p-1. The summed E-state index contributed by atoms with van der Waals surface area (Å²) < 4.78 is 1.56. The van der Waals surface area contributed by atoms with Crippen molar-refractivity contribution in [3.8, 4) is 0 Å². The maximum atomic E-state index is 11.1. The fraction of sp³-hybridized carbons (Fsp3) is 0.333. The van der Waals surface area contributed by atoms with E-state index in [-0.39, 0.29) is 34.2 Å². The molecule has 0 unspecified atom stereocenters. The fourth-order valence-electron chi connectivity index (χ4n) is 1.28. The normalized spacial score (nSPS) is 8.50. The Morgan fingerprint density at radius 2 is 1.81 bits per heavy atom. The molecule has 16 heavy (non-hydrogen) atoms. The number of aryl methyl sites for hydroxylation is 2. The van der Waals surface area contributed by atoms with Crippen LogP contribution in [0.4, 0.5) is 0 Å². The van der Waals surface area contributed by atoms with E-state index in [1.54, 1.807) is 11.6 Å². The number of benzene rings is 1. The number of imidazole rings is 1. The van der Waals surface area contributed by atoms with Crippen LogP contribution in [0.1, 0.15) is 19.4 Å². The third-order valence-corrected chi connectivity index (χ3v) is 2.00. The van der Waals surface area contributed by atoms with Crippen LogP contribution in [0.15, 0.2) is 23.0 Å². The Morgan fingerprint density at radius 1 is 1.25 bits per heavy atom. The van der Waals surface area contributed by atoms with E-state index >= 15 is 0 Å². The van der Waals surface area contributed by atoms with Crippen molar-refractivity contribution in [3.05, 3.63) is 41.7 Å². The summed E-state index contributed by atoms with van der Waals surface area (Å²) in [4.78, 5) is 15.0. The Hall–Kier alpha value is -0.822. The molecule has 0 saturated heterocycles. The summed E-state index contributed by atoms with van der Waals surface area (Å²) in [7, 11) is 1.73. The molecular formula is C12H18N2OW. The number of rotatable bonds is 0. The van der Waals surface area contributed by atoms with Gasteiger partial charge in [0.05, 0.1) is 0 Å². The van der Waals surface area contributed by atoms with Gasteiger partial charge < -0.3 is 17.0 Å². The Kier molecular flexibility index (Phi) is 8.18. The van der Waals surface area contributed by atoms with E-state index < -0.39 is 0 Å². The third kappa shape index (κ3) is 3.34. The molecule has 0 fully saturated rings. The van der Waals surface area contributed by atoms with Gasteiger partial charge in [0.25, 0.3) is 0 Å². The van der Waals surface area contributed by atoms with E-state index in [1.165, 1.54) is 0 Å². The maximum absolute atomic E-state index is 11.1. The van der Waals surface area contributed by atoms with Crippen LogP contribution in [0.3, 0.4) is 0 Å². The van der Waals surface area contributed by atoms with Gasteiger partial charge in [0.1, 0.15) is 0 Å². The zero-order valence-electron chi connectivity index (χ0n) is 10.4. The molecule has 0 aliphatic heterocycles. The molecule has 1 aromatic carbocycles. The first kappa shape index (κ1) is 17.6. The predicted octanol–water partition coefficient (Wildman–Crippen LogP) is 2.28. The average Bonchev–Trinajstić information content (AvgIpc) is 2.48. The molecule has 0 N–H and O–H groups in total. The van der Waals surface area contributed by atoms with E-state index in [0.29, 0.717) is 0 Å². The van der Waals surface area contributed by atoms with Crippen LogP contribution < -0.4 is 10.7 Å². The minimum atomic E-state index is -0.185. The monoisotopic (exact) mass is 390 g/mol. The van der Waals surface area contributed by atoms with Gasteiger partial charge in [-0.15, -0.1) is 0 Å². The minimum absolute atomic E-state index is 0. The first-order valence-electron chi connectivity index (χ1n) is 4.78. The van der Waals surface area contributed by atoms with Crippen molar-refractivity contribution in [2.45, 2.75) is 20.8 Å². The van der Waals surface area contributed by atoms with Crippen LogP contribution in [0.5, 0.6) is 0 Å². The van der Waals surface area contributed by atoms with E-state index in [1.807, 2.05) is 39.0 Å². The van der Waals surface area contributed by atoms with Crippen molar-refractivity contribution in [1.82, 2.24) is 9.55 Å². The quantitative estimate of drug-likeness (QED) is 0.648. The maximum Gasteiger partial charge on any atom is 2.00 e. The van der Waals surface area contributed by atoms with E-state index in [4.69, 9.17) is 0 Å². The smallest absolute Gasteiger partial charge is 0.413 e. The summed E-state index contributed by atoms with van der Waals surface area (Å²) in [5.74, 6) is 0. The molecular weight excluding hydrogens is 372 g/mol. The number of nitrogens with zero attached hydrogens (tertiary/aromatic N) is 2. The fourth-order valence-corrected chi connectivity index (χ4v) is 1.28. The van der Waals surface area contributed by atoms with Gasteiger partial charge in [-0.2, -0.15) is 0 Å². The summed E-state index contributed by atoms with van der Waals surface area (Å²) in [6, 6.07) is 5.78. The molecule has 1 aromatic heterocycles. The molecule has 0 aliphatic carbocycles. The van der Waals surface area contributed by atoms with E-state index in [9.17, 15) is 4.79 Å². The Balaban J connectivity index is 0. The molecule has 2 aromatic rings. The molecule has 3 nitrogen and oxygen atoms in total. The van der Waals surface area contributed by atoms with Crippen LogP contribution in [0.2, 0.25) is 0 Å². The number of aromatic nitrogens is 2. The van der Waals surface area contributed by atoms with Gasteiger partial charge in [0.2, 0.25) is 0 Å². The Morgan fingerprint density at radius 3 is 2.38 bits per heavy atom. The van der Waals surface area contributed by atoms with Gasteiger partial charge in [0.15, 0.2) is 5.69 Å². The largest absolute Gasteiger partial charge is 2.00 e. The van der Waals surface area contributed by atoms with Gasteiger partial charge in [-0.1, -0.05) is 44.7 Å². The van der Waals surface area contributed by atoms with Crippen molar-refractivity contribution >= 4 is 11.0 Å². The van der Waals surface area contributed by atoms with Gasteiger partial charge in [0, 0.05) is 0 Å². The first-order chi connectivity index (χ1) is 6.68. The van der Waals surface area contributed by atoms with Crippen molar-refractivity contribution < 1.29 is 21.1 Å². The predicted molar refractivity (Wildman–Crippen MR) is 65.0 cm³/mol. The molecule has 0 spiro atoms. The van der Waals surface area contributed by atoms with E-state index in [0.717, 1.165) is 16.6 Å². The van der Waals surface area contributed by atoms with Gasteiger partial charge in [-0.25, -0.2) is 0 Å². The zero-order chi connectivity index (χ0) is 10.7. The van der Waals surface area contributed by atoms with Crippen LogP contribution in [0.25, 0.3) is 11.0 Å². The summed E-state index contributed by atoms with van der Waals surface area (Å²) >= 11 is 0. The van der Waals surface area contributed by atoms with Crippen LogP contribution in [-0.4, -0.2) is 4.57 Å². The molecule has 1 heterocycles. The minimum Gasteiger partial charge on any atom is -0.413 e. The molecule has 0 atom stereocenters. The molecule has 88 valence electrons. The van der Waals surface area contributed by atoms with Gasteiger partial charge in [-0.05, 0) is 18.0 Å². The SMILES string of the molecule is CC.Cc1ccc2[n-]c(=O)n(C)c2c1.[CH3-].[W+2]. The van der Waals surface area contributed by atoms with Crippen LogP contribution in [-0.2, 0) is 28.1 Å². The number of hydrogen-bond acceptors (Lipinski definition) is 1. The molecule has 4 heteroatoms. The van der Waals surface area contributed by atoms with E-state index in [2.05, 4.69) is 4.98 Å². The number of hydrogen-bond donors (Lipinski definition) is 0. The third-order valence-electron chi connectivity index (χ3n) is 2.00. The first-order valence-corrected chi connectivity index (χ1v) is 4.78. The summed E-state index contributed by atoms with van der Waals surface area (Å²) in [5.41, 5.74) is 2.63. The summed E-state index contributed by atoms with van der Waals surface area (Å²) in [5, 5.41) is 0. The molecule has 0 saturated carbocycles. The molecule has 0 radical (unpaired) electrons. The van der Waals surface area contributed by atoms with Crippen molar-refractivity contribution in [2.75, 3.05) is 0 Å². The van der Waals surface area contributed by atoms with Crippen molar-refractivity contribution in [1.29, 1.82) is 0 Å². The van der Waals surface area contributed by atoms with Crippen molar-refractivity contribution in [3.63, 3.8) is 0 Å². The molecule has 0 bridgehead atoms. The molecule has 0 aliphatic rings.